The number of benzene rings is 1. The zero-order chi connectivity index (χ0) is 14.7. The average molecular weight is 285 g/mol. The van der Waals surface area contributed by atoms with Gasteiger partial charge in [0, 0.05) is 31.7 Å². The topological polar surface area (TPSA) is 56.1 Å². The molecule has 0 aliphatic rings. The largest absolute Gasteiger partial charge is 0.388 e. The lowest BCUT2D eigenvalue weighted by Gasteiger charge is -2.07. The van der Waals surface area contributed by atoms with E-state index in [0.717, 1.165) is 16.1 Å². The maximum absolute atomic E-state index is 11.9. The first-order valence-electron chi connectivity index (χ1n) is 6.10. The standard InChI is InChI=1S/C15H15N3OS/c1-17-12-7-10(9-16)6-11(8-12)13-4-5-14(20-13)15(19)18(2)3/h4-8,17H,1-3H3. The van der Waals surface area contributed by atoms with Crippen molar-refractivity contribution in [3.05, 3.63) is 40.8 Å². The number of carbonyl (C=O) groups excluding carboxylic acids is 1. The molecule has 1 heterocycles. The molecule has 0 unspecified atom stereocenters. The van der Waals surface area contributed by atoms with Crippen LogP contribution in [0.2, 0.25) is 0 Å². The number of carbonyl (C=O) groups is 1. The molecule has 0 saturated heterocycles. The lowest BCUT2D eigenvalue weighted by Crippen LogP contribution is -2.20. The monoisotopic (exact) mass is 285 g/mol. The molecule has 5 heteroatoms. The third-order valence-corrected chi connectivity index (χ3v) is 3.98. The number of amides is 1. The van der Waals surface area contributed by atoms with E-state index in [4.69, 9.17) is 5.26 Å². The van der Waals surface area contributed by atoms with E-state index in [0.29, 0.717) is 10.4 Å². The summed E-state index contributed by atoms with van der Waals surface area (Å²) in [5.41, 5.74) is 2.42. The Balaban J connectivity index is 2.42. The average Bonchev–Trinajstić information content (AvgIpc) is 2.95. The lowest BCUT2D eigenvalue weighted by atomic mass is 10.1. The van der Waals surface area contributed by atoms with Gasteiger partial charge in [0.05, 0.1) is 16.5 Å². The molecule has 0 aliphatic heterocycles. The van der Waals surface area contributed by atoms with Crippen LogP contribution in [0, 0.1) is 11.3 Å². The van der Waals surface area contributed by atoms with E-state index < -0.39 is 0 Å². The maximum Gasteiger partial charge on any atom is 0.263 e. The minimum atomic E-state index is -0.00784. The normalized spacial score (nSPS) is 9.90. The third kappa shape index (κ3) is 2.81. The van der Waals surface area contributed by atoms with Crippen LogP contribution in [0.5, 0.6) is 0 Å². The Morgan fingerprint density at radius 1 is 1.30 bits per heavy atom. The molecule has 2 rings (SSSR count). The number of thiophene rings is 1. The fraction of sp³-hybridized carbons (Fsp3) is 0.200. The van der Waals surface area contributed by atoms with Gasteiger partial charge in [-0.15, -0.1) is 11.3 Å². The molecule has 1 aromatic heterocycles. The predicted octanol–water partition coefficient (Wildman–Crippen LogP) is 3.03. The van der Waals surface area contributed by atoms with Crippen molar-refractivity contribution in [3.63, 3.8) is 0 Å². The van der Waals surface area contributed by atoms with Crippen LogP contribution in [0.4, 0.5) is 5.69 Å². The van der Waals surface area contributed by atoms with E-state index >= 15 is 0 Å². The Labute approximate surface area is 122 Å². The quantitative estimate of drug-likeness (QED) is 0.943. The third-order valence-electron chi connectivity index (χ3n) is 2.86. The van der Waals surface area contributed by atoms with Gasteiger partial charge in [-0.3, -0.25) is 4.79 Å². The van der Waals surface area contributed by atoms with Gasteiger partial charge < -0.3 is 10.2 Å². The van der Waals surface area contributed by atoms with Gasteiger partial charge in [-0.25, -0.2) is 0 Å². The highest BCUT2D eigenvalue weighted by Crippen LogP contribution is 2.31. The van der Waals surface area contributed by atoms with Crippen molar-refractivity contribution < 1.29 is 4.79 Å². The summed E-state index contributed by atoms with van der Waals surface area (Å²) in [4.78, 5) is 15.1. The second-order valence-electron chi connectivity index (χ2n) is 4.52. The van der Waals surface area contributed by atoms with Crippen molar-refractivity contribution in [2.45, 2.75) is 0 Å². The molecule has 0 aliphatic carbocycles. The number of rotatable bonds is 3. The van der Waals surface area contributed by atoms with Crippen LogP contribution in [0.1, 0.15) is 15.2 Å². The molecule has 0 fully saturated rings. The fourth-order valence-corrected chi connectivity index (χ4v) is 2.82. The molecule has 0 bridgehead atoms. The van der Waals surface area contributed by atoms with Crippen LogP contribution < -0.4 is 5.32 Å². The van der Waals surface area contributed by atoms with E-state index in [1.54, 1.807) is 25.1 Å². The smallest absolute Gasteiger partial charge is 0.263 e. The molecule has 1 N–H and O–H groups in total. The van der Waals surface area contributed by atoms with Crippen molar-refractivity contribution in [3.8, 4) is 16.5 Å². The van der Waals surface area contributed by atoms with Gasteiger partial charge in [0.25, 0.3) is 5.91 Å². The SMILES string of the molecule is CNc1cc(C#N)cc(-c2ccc(C(=O)N(C)C)s2)c1. The van der Waals surface area contributed by atoms with Gasteiger partial charge in [-0.1, -0.05) is 0 Å². The molecule has 1 amide bonds. The first kappa shape index (κ1) is 14.1. The second-order valence-corrected chi connectivity index (χ2v) is 5.61. The van der Waals surface area contributed by atoms with E-state index in [1.807, 2.05) is 31.3 Å². The summed E-state index contributed by atoms with van der Waals surface area (Å²) in [5, 5.41) is 12.1. The number of nitriles is 1. The number of hydrogen-bond acceptors (Lipinski definition) is 4. The van der Waals surface area contributed by atoms with Gasteiger partial charge in [-0.2, -0.15) is 5.26 Å². The number of nitrogens with zero attached hydrogens (tertiary/aromatic N) is 2. The van der Waals surface area contributed by atoms with Crippen molar-refractivity contribution in [2.75, 3.05) is 26.5 Å². The van der Waals surface area contributed by atoms with Crippen LogP contribution in [0.25, 0.3) is 10.4 Å². The van der Waals surface area contributed by atoms with Crippen molar-refractivity contribution in [2.24, 2.45) is 0 Å². The van der Waals surface area contributed by atoms with E-state index in [9.17, 15) is 4.79 Å². The highest BCUT2D eigenvalue weighted by Gasteiger charge is 2.12. The Hall–Kier alpha value is -2.32. The number of hydrogen-bond donors (Lipinski definition) is 1. The summed E-state index contributed by atoms with van der Waals surface area (Å²) in [7, 11) is 5.28. The lowest BCUT2D eigenvalue weighted by molar-refractivity contribution is 0.0832. The molecular weight excluding hydrogens is 270 g/mol. The Kier molecular flexibility index (Phi) is 4.06. The molecule has 20 heavy (non-hydrogen) atoms. The summed E-state index contributed by atoms with van der Waals surface area (Å²) < 4.78 is 0. The maximum atomic E-state index is 11.9. The van der Waals surface area contributed by atoms with E-state index in [2.05, 4.69) is 11.4 Å². The second kappa shape index (κ2) is 5.76. The van der Waals surface area contributed by atoms with Crippen LogP contribution in [0.3, 0.4) is 0 Å². The van der Waals surface area contributed by atoms with Crippen molar-refractivity contribution in [1.29, 1.82) is 5.26 Å². The first-order chi connectivity index (χ1) is 9.55. The zero-order valence-corrected chi connectivity index (χ0v) is 12.4. The van der Waals surface area contributed by atoms with Gasteiger partial charge in [-0.05, 0) is 35.9 Å². The Bertz CT molecular complexity index is 683. The molecule has 0 radical (unpaired) electrons. The minimum Gasteiger partial charge on any atom is -0.388 e. The Morgan fingerprint density at radius 2 is 2.05 bits per heavy atom. The van der Waals surface area contributed by atoms with Gasteiger partial charge in [0.2, 0.25) is 0 Å². The van der Waals surface area contributed by atoms with E-state index in [1.165, 1.54) is 11.3 Å². The Morgan fingerprint density at radius 3 is 2.65 bits per heavy atom. The molecule has 102 valence electrons. The summed E-state index contributed by atoms with van der Waals surface area (Å²) in [5.74, 6) is -0.00784. The summed E-state index contributed by atoms with van der Waals surface area (Å²) in [6, 6.07) is 11.5. The molecule has 0 spiro atoms. The highest BCUT2D eigenvalue weighted by atomic mass is 32.1. The van der Waals surface area contributed by atoms with Crippen LogP contribution in [-0.2, 0) is 0 Å². The van der Waals surface area contributed by atoms with Crippen LogP contribution in [-0.4, -0.2) is 32.0 Å². The summed E-state index contributed by atoms with van der Waals surface area (Å²) in [6.45, 7) is 0. The molecule has 0 atom stereocenters. The fourth-order valence-electron chi connectivity index (χ4n) is 1.81. The van der Waals surface area contributed by atoms with Gasteiger partial charge in [0.1, 0.15) is 0 Å². The molecule has 0 saturated carbocycles. The highest BCUT2D eigenvalue weighted by molar-refractivity contribution is 7.17. The van der Waals surface area contributed by atoms with Crippen molar-refractivity contribution >= 4 is 22.9 Å². The molecule has 1 aromatic carbocycles. The van der Waals surface area contributed by atoms with Crippen molar-refractivity contribution in [1.82, 2.24) is 4.90 Å². The molecule has 4 nitrogen and oxygen atoms in total. The van der Waals surface area contributed by atoms with Gasteiger partial charge >= 0.3 is 0 Å². The van der Waals surface area contributed by atoms with Crippen LogP contribution >= 0.6 is 11.3 Å². The predicted molar refractivity (Wildman–Crippen MR) is 82.0 cm³/mol. The molecule has 2 aromatic rings. The minimum absolute atomic E-state index is 0.00784. The summed E-state index contributed by atoms with van der Waals surface area (Å²) in [6.07, 6.45) is 0. The van der Waals surface area contributed by atoms with E-state index in [-0.39, 0.29) is 5.91 Å². The number of anilines is 1. The van der Waals surface area contributed by atoms with Gasteiger partial charge in [0.15, 0.2) is 0 Å². The summed E-state index contributed by atoms with van der Waals surface area (Å²) >= 11 is 1.43. The first-order valence-corrected chi connectivity index (χ1v) is 6.91. The zero-order valence-electron chi connectivity index (χ0n) is 11.6. The number of nitrogens with one attached hydrogen (secondary N) is 1. The molecular formula is C15H15N3OS. The van der Waals surface area contributed by atoms with Crippen LogP contribution in [0.15, 0.2) is 30.3 Å².